The number of carbonyl (C=O) groups excluding carboxylic acids is 3. The number of piperazine rings is 1. The Balaban J connectivity index is 1.33. The molecule has 3 heterocycles. The monoisotopic (exact) mass is 580 g/mol. The third kappa shape index (κ3) is 6.24. The second kappa shape index (κ2) is 12.3. The van der Waals surface area contributed by atoms with E-state index in [0.29, 0.717) is 12.5 Å². The predicted octanol–water partition coefficient (Wildman–Crippen LogP) is 3.40. The fraction of sp³-hybridized carbons (Fsp3) is 0.333. The molecule has 222 valence electrons. The van der Waals surface area contributed by atoms with Gasteiger partial charge >= 0.3 is 6.03 Å². The number of amides is 4. The van der Waals surface area contributed by atoms with Crippen LogP contribution >= 0.6 is 0 Å². The molecule has 0 radical (unpaired) electrons. The smallest absolute Gasteiger partial charge is 0.334 e. The van der Waals surface area contributed by atoms with Crippen molar-refractivity contribution in [3.8, 4) is 5.75 Å². The summed E-state index contributed by atoms with van der Waals surface area (Å²) in [4.78, 5) is 49.8. The van der Waals surface area contributed by atoms with Gasteiger partial charge in [-0.15, -0.1) is 6.58 Å². The van der Waals surface area contributed by atoms with Crippen LogP contribution in [0.25, 0.3) is 0 Å². The topological polar surface area (TPSA) is 109 Å². The molecule has 10 heteroatoms. The molecule has 0 bridgehead atoms. The summed E-state index contributed by atoms with van der Waals surface area (Å²) in [6, 6.07) is 21.0. The number of phenols is 1. The van der Waals surface area contributed by atoms with Gasteiger partial charge < -0.3 is 20.2 Å². The molecular formula is C33H36N6O4. The van der Waals surface area contributed by atoms with Gasteiger partial charge in [0.05, 0.1) is 25.3 Å². The number of rotatable bonds is 9. The number of nitrogens with one attached hydrogen (secondary N) is 1. The Kier molecular flexibility index (Phi) is 8.11. The molecule has 3 fully saturated rings. The van der Waals surface area contributed by atoms with E-state index in [1.165, 1.54) is 0 Å². The molecule has 10 nitrogen and oxygen atoms in total. The van der Waals surface area contributed by atoms with Crippen molar-refractivity contribution in [2.45, 2.75) is 50.5 Å². The minimum atomic E-state index is -0.835. The number of hydrogen-bond donors (Lipinski definition) is 2. The number of benzene rings is 2. The van der Waals surface area contributed by atoms with Crippen LogP contribution in [0.1, 0.15) is 41.3 Å². The van der Waals surface area contributed by atoms with Crippen LogP contribution in [0, 0.1) is 0 Å². The van der Waals surface area contributed by atoms with E-state index in [1.54, 1.807) is 50.2 Å². The molecule has 1 saturated carbocycles. The van der Waals surface area contributed by atoms with E-state index in [0.717, 1.165) is 35.4 Å². The van der Waals surface area contributed by atoms with Crippen LogP contribution in [0.15, 0.2) is 85.5 Å². The first-order valence-electron chi connectivity index (χ1n) is 14.7. The van der Waals surface area contributed by atoms with E-state index < -0.39 is 12.2 Å². The maximum absolute atomic E-state index is 14.1. The summed E-state index contributed by atoms with van der Waals surface area (Å²) in [5, 5.41) is 16.1. The highest BCUT2D eigenvalue weighted by Gasteiger charge is 2.51. The van der Waals surface area contributed by atoms with Gasteiger partial charge in [-0.2, -0.15) is 0 Å². The van der Waals surface area contributed by atoms with E-state index in [9.17, 15) is 19.5 Å². The number of carbonyl (C=O) groups is 3. The molecule has 6 rings (SSSR count). The van der Waals surface area contributed by atoms with Crippen LogP contribution in [-0.4, -0.2) is 79.6 Å². The van der Waals surface area contributed by atoms with Crippen molar-refractivity contribution in [2.24, 2.45) is 0 Å². The maximum Gasteiger partial charge on any atom is 0.334 e. The second-order valence-electron chi connectivity index (χ2n) is 11.3. The molecule has 1 aromatic heterocycles. The van der Waals surface area contributed by atoms with Crippen molar-refractivity contribution in [2.75, 3.05) is 19.6 Å². The molecule has 2 aromatic carbocycles. The molecule has 43 heavy (non-hydrogen) atoms. The average Bonchev–Trinajstić information content (AvgIpc) is 3.86. The van der Waals surface area contributed by atoms with Gasteiger partial charge in [0.25, 0.3) is 0 Å². The van der Waals surface area contributed by atoms with Gasteiger partial charge in [-0.25, -0.2) is 14.8 Å². The molecule has 3 aromatic rings. The Labute approximate surface area is 251 Å². The Morgan fingerprint density at radius 1 is 1.00 bits per heavy atom. The molecule has 2 unspecified atom stereocenters. The lowest BCUT2D eigenvalue weighted by molar-refractivity contribution is -0.189. The molecule has 2 N–H and O–H groups in total. The Morgan fingerprint density at radius 2 is 1.77 bits per heavy atom. The highest BCUT2D eigenvalue weighted by atomic mass is 16.3. The number of hydrogen-bond acceptors (Lipinski definition) is 6. The summed E-state index contributed by atoms with van der Waals surface area (Å²) in [5.41, 5.74) is 3.56. The normalized spacial score (nSPS) is 20.6. The van der Waals surface area contributed by atoms with Crippen molar-refractivity contribution in [3.05, 3.63) is 108 Å². The van der Waals surface area contributed by atoms with Crippen LogP contribution in [0.2, 0.25) is 0 Å². The number of nitrogens with zero attached hydrogens (tertiary/aromatic N) is 5. The van der Waals surface area contributed by atoms with Crippen LogP contribution in [0.5, 0.6) is 5.75 Å². The molecular weight excluding hydrogens is 544 g/mol. The van der Waals surface area contributed by atoms with E-state index in [-0.39, 0.29) is 56.2 Å². The summed E-state index contributed by atoms with van der Waals surface area (Å²) in [7, 11) is 0. The van der Waals surface area contributed by atoms with Gasteiger partial charge in [-0.05, 0) is 48.2 Å². The van der Waals surface area contributed by atoms with Crippen LogP contribution in [0.3, 0.4) is 0 Å². The van der Waals surface area contributed by atoms with Crippen LogP contribution in [0.4, 0.5) is 4.79 Å². The number of pyridine rings is 1. The highest BCUT2D eigenvalue weighted by Crippen LogP contribution is 2.39. The zero-order valence-corrected chi connectivity index (χ0v) is 24.0. The first kappa shape index (κ1) is 28.4. The summed E-state index contributed by atoms with van der Waals surface area (Å²) < 4.78 is 0. The van der Waals surface area contributed by atoms with E-state index >= 15 is 0 Å². The van der Waals surface area contributed by atoms with Crippen molar-refractivity contribution >= 4 is 17.8 Å². The number of aromatic nitrogens is 1. The van der Waals surface area contributed by atoms with Gasteiger partial charge in [0, 0.05) is 31.1 Å². The zero-order valence-electron chi connectivity index (χ0n) is 24.0. The molecule has 4 amide bonds. The Morgan fingerprint density at radius 3 is 2.49 bits per heavy atom. The molecule has 3 aliphatic rings. The van der Waals surface area contributed by atoms with Gasteiger partial charge in [0.1, 0.15) is 18.0 Å². The fourth-order valence-electron chi connectivity index (χ4n) is 5.94. The van der Waals surface area contributed by atoms with E-state index in [1.807, 2.05) is 48.5 Å². The molecule has 2 aliphatic heterocycles. The fourth-order valence-corrected chi connectivity index (χ4v) is 5.94. The number of fused-ring (bicyclic) bond motifs is 1. The lowest BCUT2D eigenvalue weighted by atomic mass is 9.98. The molecule has 0 spiro atoms. The Hall–Kier alpha value is -4.70. The zero-order chi connectivity index (χ0) is 29.9. The quantitative estimate of drug-likeness (QED) is 0.376. The lowest BCUT2D eigenvalue weighted by Gasteiger charge is -2.55. The number of hydrazine groups is 1. The van der Waals surface area contributed by atoms with E-state index in [2.05, 4.69) is 11.9 Å². The van der Waals surface area contributed by atoms with E-state index in [4.69, 9.17) is 4.98 Å². The van der Waals surface area contributed by atoms with Crippen LogP contribution < -0.4 is 5.32 Å². The minimum Gasteiger partial charge on any atom is -0.508 e. The second-order valence-corrected chi connectivity index (χ2v) is 11.3. The first-order chi connectivity index (χ1) is 20.9. The number of urea groups is 1. The maximum atomic E-state index is 14.1. The number of phenolic OH excluding ortho intramolecular Hbond substituents is 1. The summed E-state index contributed by atoms with van der Waals surface area (Å²) in [6.07, 6.45) is 3.42. The summed E-state index contributed by atoms with van der Waals surface area (Å²) >= 11 is 0. The lowest BCUT2D eigenvalue weighted by Crippen LogP contribution is -2.76. The van der Waals surface area contributed by atoms with Gasteiger partial charge in [0.2, 0.25) is 11.8 Å². The third-order valence-corrected chi connectivity index (χ3v) is 8.21. The largest absolute Gasteiger partial charge is 0.508 e. The third-order valence-electron chi connectivity index (χ3n) is 8.21. The average molecular weight is 581 g/mol. The minimum absolute atomic E-state index is 0.0639. The molecule has 1 aliphatic carbocycles. The molecule has 2 saturated heterocycles. The van der Waals surface area contributed by atoms with Crippen molar-refractivity contribution in [1.82, 2.24) is 30.1 Å². The highest BCUT2D eigenvalue weighted by molar-refractivity contribution is 5.91. The van der Waals surface area contributed by atoms with Crippen molar-refractivity contribution < 1.29 is 19.5 Å². The first-order valence-corrected chi connectivity index (χ1v) is 14.7. The SMILES string of the molecule is C=CCN1CC(=O)N2C(Cc3ccc(O)cc3)C(=O)N(Cc3cccc(C4CC4)n3)CC2N1C(=O)NCc1ccccc1. The van der Waals surface area contributed by atoms with Gasteiger partial charge in [-0.3, -0.25) is 14.6 Å². The summed E-state index contributed by atoms with van der Waals surface area (Å²) in [5.74, 6) is 0.167. The number of aromatic hydroxyl groups is 1. The van der Waals surface area contributed by atoms with Gasteiger partial charge in [-0.1, -0.05) is 54.6 Å². The van der Waals surface area contributed by atoms with Gasteiger partial charge in [0.15, 0.2) is 0 Å². The summed E-state index contributed by atoms with van der Waals surface area (Å²) in [6.45, 7) is 4.79. The predicted molar refractivity (Wildman–Crippen MR) is 160 cm³/mol. The van der Waals surface area contributed by atoms with Crippen LogP contribution in [-0.2, 0) is 29.1 Å². The Bertz CT molecular complexity index is 1490. The van der Waals surface area contributed by atoms with Crippen molar-refractivity contribution in [3.63, 3.8) is 0 Å². The van der Waals surface area contributed by atoms with Crippen molar-refractivity contribution in [1.29, 1.82) is 0 Å². The standard InChI is InChI=1S/C33H36N6O4/c1-2-17-37-22-31(41)38-29(18-23-11-15-27(40)16-12-23)32(42)36(20-26-9-6-10-28(35-26)25-13-14-25)21-30(38)39(37)33(43)34-19-24-7-4-3-5-8-24/h2-12,15-16,25,29-30,40H,1,13-14,17-22H2,(H,34,43). The molecule has 2 atom stereocenters.